The maximum atomic E-state index is 9.80. The molecule has 64 valence electrons. The number of nitrogens with one attached hydrogen (secondary N) is 1. The third-order valence-corrected chi connectivity index (χ3v) is 1.46. The van der Waals surface area contributed by atoms with Crippen LogP contribution in [0.2, 0.25) is 0 Å². The molecule has 0 aromatic carbocycles. The zero-order valence-electron chi connectivity index (χ0n) is 7.18. The summed E-state index contributed by atoms with van der Waals surface area (Å²) in [6.45, 7) is 2.85. The Kier molecular flexibility index (Phi) is 8.55. The number of allylic oxidation sites excluding steroid dienone is 1. The molecule has 0 aromatic rings. The van der Waals surface area contributed by atoms with Gasteiger partial charge in [0.1, 0.15) is 0 Å². The minimum atomic E-state index is 0.662. The Morgan fingerprint density at radius 1 is 1.27 bits per heavy atom. The Hall–Kier alpha value is -0.790. The summed E-state index contributed by atoms with van der Waals surface area (Å²) in [6.07, 6.45) is 9.78. The quantitative estimate of drug-likeness (QED) is 0.339. The molecular weight excluding hydrogens is 138 g/mol. The molecule has 0 radical (unpaired) electrons. The SMILES string of the molecule is CCCCC/C=C/CNC=O. The van der Waals surface area contributed by atoms with Crippen molar-refractivity contribution in [3.8, 4) is 0 Å². The fourth-order valence-corrected chi connectivity index (χ4v) is 0.830. The Labute approximate surface area is 68.7 Å². The van der Waals surface area contributed by atoms with Gasteiger partial charge in [0.25, 0.3) is 0 Å². The molecule has 2 nitrogen and oxygen atoms in total. The van der Waals surface area contributed by atoms with Crippen molar-refractivity contribution in [1.82, 2.24) is 5.32 Å². The fourth-order valence-electron chi connectivity index (χ4n) is 0.830. The van der Waals surface area contributed by atoms with Crippen LogP contribution in [-0.4, -0.2) is 13.0 Å². The second-order valence-corrected chi connectivity index (χ2v) is 2.49. The number of carbonyl (C=O) groups excluding carboxylic acids is 1. The van der Waals surface area contributed by atoms with Gasteiger partial charge in [-0.3, -0.25) is 4.79 Å². The van der Waals surface area contributed by atoms with E-state index in [1.165, 1.54) is 19.3 Å². The van der Waals surface area contributed by atoms with Crippen LogP contribution in [0.5, 0.6) is 0 Å². The average molecular weight is 155 g/mol. The fraction of sp³-hybridized carbons (Fsp3) is 0.667. The molecule has 0 aliphatic heterocycles. The lowest BCUT2D eigenvalue weighted by Crippen LogP contribution is -2.09. The van der Waals surface area contributed by atoms with E-state index in [0.29, 0.717) is 6.54 Å². The molecular formula is C9H17NO. The molecule has 1 N–H and O–H groups in total. The van der Waals surface area contributed by atoms with E-state index in [-0.39, 0.29) is 0 Å². The van der Waals surface area contributed by atoms with Gasteiger partial charge in [-0.25, -0.2) is 0 Å². The molecule has 0 atom stereocenters. The van der Waals surface area contributed by atoms with Crippen LogP contribution in [0.1, 0.15) is 32.6 Å². The molecule has 0 heterocycles. The second kappa shape index (κ2) is 9.21. The first-order valence-corrected chi connectivity index (χ1v) is 4.23. The van der Waals surface area contributed by atoms with Crippen molar-refractivity contribution < 1.29 is 4.79 Å². The normalized spacial score (nSPS) is 10.3. The second-order valence-electron chi connectivity index (χ2n) is 2.49. The Morgan fingerprint density at radius 3 is 2.73 bits per heavy atom. The van der Waals surface area contributed by atoms with Gasteiger partial charge >= 0.3 is 0 Å². The van der Waals surface area contributed by atoms with Crippen LogP contribution in [0.15, 0.2) is 12.2 Å². The van der Waals surface area contributed by atoms with E-state index in [4.69, 9.17) is 0 Å². The van der Waals surface area contributed by atoms with Crippen molar-refractivity contribution in [3.63, 3.8) is 0 Å². The number of rotatable bonds is 7. The van der Waals surface area contributed by atoms with Gasteiger partial charge in [0, 0.05) is 6.54 Å². The lowest BCUT2D eigenvalue weighted by Gasteiger charge is -1.91. The predicted molar refractivity (Wildman–Crippen MR) is 47.3 cm³/mol. The minimum absolute atomic E-state index is 0.662. The van der Waals surface area contributed by atoms with Gasteiger partial charge in [0.2, 0.25) is 6.41 Å². The van der Waals surface area contributed by atoms with E-state index in [0.717, 1.165) is 12.8 Å². The first-order valence-electron chi connectivity index (χ1n) is 4.23. The number of carbonyl (C=O) groups is 1. The van der Waals surface area contributed by atoms with Crippen LogP contribution >= 0.6 is 0 Å². The number of hydrogen-bond acceptors (Lipinski definition) is 1. The van der Waals surface area contributed by atoms with Crippen LogP contribution in [0.25, 0.3) is 0 Å². The molecule has 0 rings (SSSR count). The minimum Gasteiger partial charge on any atom is -0.355 e. The zero-order valence-corrected chi connectivity index (χ0v) is 7.18. The lowest BCUT2D eigenvalue weighted by atomic mass is 10.2. The summed E-state index contributed by atoms with van der Waals surface area (Å²) in [5.41, 5.74) is 0. The third-order valence-electron chi connectivity index (χ3n) is 1.46. The lowest BCUT2D eigenvalue weighted by molar-refractivity contribution is -0.109. The predicted octanol–water partition coefficient (Wildman–Crippen LogP) is 1.87. The van der Waals surface area contributed by atoms with Crippen molar-refractivity contribution in [2.24, 2.45) is 0 Å². The van der Waals surface area contributed by atoms with Crippen LogP contribution in [0, 0.1) is 0 Å². The van der Waals surface area contributed by atoms with E-state index in [1.807, 2.05) is 6.08 Å². The van der Waals surface area contributed by atoms with Crippen molar-refractivity contribution >= 4 is 6.41 Å². The van der Waals surface area contributed by atoms with E-state index in [1.54, 1.807) is 0 Å². The third kappa shape index (κ3) is 9.21. The standard InChI is InChI=1S/C9H17NO/c1-2-3-4-5-6-7-8-10-9-11/h6-7,9H,2-5,8H2,1H3,(H,10,11)/b7-6+. The van der Waals surface area contributed by atoms with Crippen LogP contribution in [0.4, 0.5) is 0 Å². The maximum absolute atomic E-state index is 9.80. The molecule has 0 saturated carbocycles. The van der Waals surface area contributed by atoms with Crippen molar-refractivity contribution in [2.45, 2.75) is 32.6 Å². The molecule has 1 amide bonds. The molecule has 0 bridgehead atoms. The van der Waals surface area contributed by atoms with Gasteiger partial charge in [0.05, 0.1) is 0 Å². The monoisotopic (exact) mass is 155 g/mol. The van der Waals surface area contributed by atoms with Crippen molar-refractivity contribution in [3.05, 3.63) is 12.2 Å². The van der Waals surface area contributed by atoms with E-state index in [9.17, 15) is 4.79 Å². The van der Waals surface area contributed by atoms with Crippen LogP contribution < -0.4 is 5.32 Å². The van der Waals surface area contributed by atoms with Gasteiger partial charge < -0.3 is 5.32 Å². The molecule has 0 aliphatic rings. The molecule has 0 spiro atoms. The average Bonchev–Trinajstić information content (AvgIpc) is 2.03. The maximum Gasteiger partial charge on any atom is 0.207 e. The highest BCUT2D eigenvalue weighted by Crippen LogP contribution is 1.98. The number of amides is 1. The summed E-state index contributed by atoms with van der Waals surface area (Å²) < 4.78 is 0. The number of hydrogen-bond donors (Lipinski definition) is 1. The molecule has 11 heavy (non-hydrogen) atoms. The number of unbranched alkanes of at least 4 members (excludes halogenated alkanes) is 3. The first kappa shape index (κ1) is 10.2. The van der Waals surface area contributed by atoms with Crippen LogP contribution in [-0.2, 0) is 4.79 Å². The summed E-state index contributed by atoms with van der Waals surface area (Å²) in [5, 5.41) is 2.57. The summed E-state index contributed by atoms with van der Waals surface area (Å²) in [6, 6.07) is 0. The van der Waals surface area contributed by atoms with Gasteiger partial charge in [0.15, 0.2) is 0 Å². The van der Waals surface area contributed by atoms with Gasteiger partial charge in [-0.15, -0.1) is 0 Å². The van der Waals surface area contributed by atoms with Gasteiger partial charge in [-0.2, -0.15) is 0 Å². The van der Waals surface area contributed by atoms with E-state index in [2.05, 4.69) is 18.3 Å². The highest BCUT2D eigenvalue weighted by atomic mass is 16.1. The topological polar surface area (TPSA) is 29.1 Å². The Balaban J connectivity index is 2.97. The van der Waals surface area contributed by atoms with Crippen LogP contribution in [0.3, 0.4) is 0 Å². The van der Waals surface area contributed by atoms with Crippen molar-refractivity contribution in [2.75, 3.05) is 6.54 Å². The highest BCUT2D eigenvalue weighted by Gasteiger charge is 1.80. The van der Waals surface area contributed by atoms with Gasteiger partial charge in [-0.05, 0) is 12.8 Å². The first-order chi connectivity index (χ1) is 5.41. The van der Waals surface area contributed by atoms with Gasteiger partial charge in [-0.1, -0.05) is 31.9 Å². The van der Waals surface area contributed by atoms with E-state index < -0.39 is 0 Å². The van der Waals surface area contributed by atoms with E-state index >= 15 is 0 Å². The largest absolute Gasteiger partial charge is 0.355 e. The molecule has 0 saturated heterocycles. The smallest absolute Gasteiger partial charge is 0.207 e. The molecule has 0 aliphatic carbocycles. The highest BCUT2D eigenvalue weighted by molar-refractivity contribution is 5.46. The molecule has 0 fully saturated rings. The molecule has 0 aromatic heterocycles. The summed E-state index contributed by atoms with van der Waals surface area (Å²) in [5.74, 6) is 0. The van der Waals surface area contributed by atoms with Crippen molar-refractivity contribution in [1.29, 1.82) is 0 Å². The molecule has 2 heteroatoms. The Bertz CT molecular complexity index is 110. The Morgan fingerprint density at radius 2 is 2.09 bits per heavy atom. The summed E-state index contributed by atoms with van der Waals surface area (Å²) in [7, 11) is 0. The summed E-state index contributed by atoms with van der Waals surface area (Å²) >= 11 is 0. The zero-order chi connectivity index (χ0) is 8.36. The summed E-state index contributed by atoms with van der Waals surface area (Å²) in [4.78, 5) is 9.80. The molecule has 0 unspecified atom stereocenters.